The summed E-state index contributed by atoms with van der Waals surface area (Å²) in [6, 6.07) is 51.3. The minimum absolute atomic E-state index is 0. The van der Waals surface area contributed by atoms with Gasteiger partial charge in [0.2, 0.25) is 0 Å². The summed E-state index contributed by atoms with van der Waals surface area (Å²) < 4.78 is 7.06. The Balaban J connectivity index is 0.00000623. The number of nitrogens with zero attached hydrogens (tertiary/aromatic N) is 6. The van der Waals surface area contributed by atoms with E-state index in [1.54, 1.807) is 0 Å². The summed E-state index contributed by atoms with van der Waals surface area (Å²) in [6.45, 7) is 20.9. The third-order valence-corrected chi connectivity index (χ3v) is 17.0. The zero-order chi connectivity index (χ0) is 53.7. The van der Waals surface area contributed by atoms with E-state index in [2.05, 4.69) is 203 Å². The van der Waals surface area contributed by atoms with E-state index in [9.17, 15) is 0 Å². The molecule has 6 nitrogen and oxygen atoms in total. The fraction of sp³-hybridized carbons (Fsp3) is 0.375. The number of aromatic nitrogens is 6. The predicted octanol–water partition coefficient (Wildman–Crippen LogP) is 17.9. The number of fused-ring (bicyclic) bond motifs is 18. The second kappa shape index (κ2) is 20.6. The van der Waals surface area contributed by atoms with Crippen LogP contribution in [0.15, 0.2) is 128 Å². The fourth-order valence-corrected chi connectivity index (χ4v) is 13.9. The molecule has 6 aromatic carbocycles. The summed E-state index contributed by atoms with van der Waals surface area (Å²) in [5.74, 6) is 1.82. The molecule has 402 valence electrons. The molecule has 1 aliphatic rings. The Bertz CT molecular complexity index is 3820. The van der Waals surface area contributed by atoms with Crippen LogP contribution in [-0.2, 0) is 58.6 Å². The molecule has 79 heavy (non-hydrogen) atoms. The summed E-state index contributed by atoms with van der Waals surface area (Å²) in [4.78, 5) is 16.3. The Hall–Kier alpha value is -6.40. The molecular weight excluding hydrogens is 1140 g/mol. The van der Waals surface area contributed by atoms with Crippen LogP contribution >= 0.6 is 0 Å². The maximum Gasteiger partial charge on any atom is 3.00 e. The molecule has 0 atom stereocenters. The van der Waals surface area contributed by atoms with Crippen molar-refractivity contribution in [2.45, 2.75) is 139 Å². The van der Waals surface area contributed by atoms with Crippen LogP contribution in [-0.4, -0.2) is 28.2 Å². The van der Waals surface area contributed by atoms with Crippen molar-refractivity contribution in [1.82, 2.24) is 28.2 Å². The normalized spacial score (nSPS) is 16.7. The SMILES string of the molecule is CC(C)(C)Cc1ccc2c(c1)c1ccc[c-]c1c1nc(CCC3CC(CCc4cn5c6ccc(CC(C)(C)C)cc6c6ccc[c-]c6c5n4)CC(CCc4cn5c6ccc(CC(C)(C)C)cc6c6ccc[c-]c6c5n4)C3)cn21.[Ir+3]. The summed E-state index contributed by atoms with van der Waals surface area (Å²) in [7, 11) is 0. The van der Waals surface area contributed by atoms with Gasteiger partial charge in [-0.05, 0) is 162 Å². The second-order valence-electron chi connectivity index (χ2n) is 27.3. The van der Waals surface area contributed by atoms with Gasteiger partial charge < -0.3 is 13.2 Å². The van der Waals surface area contributed by atoms with E-state index in [-0.39, 0.29) is 36.4 Å². The number of rotatable bonds is 12. The molecule has 0 radical (unpaired) electrons. The van der Waals surface area contributed by atoms with Crippen molar-refractivity contribution >= 4 is 82.0 Å². The number of pyridine rings is 3. The van der Waals surface area contributed by atoms with Crippen molar-refractivity contribution in [1.29, 1.82) is 0 Å². The molecular formula is C72H75IrN6. The van der Waals surface area contributed by atoms with E-state index in [0.717, 1.165) is 90.9 Å². The summed E-state index contributed by atoms with van der Waals surface area (Å²) in [5, 5.41) is 10.9. The molecule has 0 unspecified atom stereocenters. The fourth-order valence-electron chi connectivity index (χ4n) is 13.9. The van der Waals surface area contributed by atoms with Gasteiger partial charge >= 0.3 is 20.1 Å². The van der Waals surface area contributed by atoms with Gasteiger partial charge in [0.1, 0.15) is 0 Å². The third-order valence-electron chi connectivity index (χ3n) is 17.0. The topological polar surface area (TPSA) is 51.9 Å². The molecule has 1 aliphatic carbocycles. The number of benzene rings is 6. The van der Waals surface area contributed by atoms with Gasteiger partial charge in [0, 0.05) is 52.2 Å². The Labute approximate surface area is 480 Å². The standard InChI is InChI=1S/C72H75N6.Ir/c1-70(2,3)40-49-25-31-64-61(37-49)55-16-10-13-19-58(55)67-73-52(43-76(64)67)28-22-46-34-47(23-29-53-44-77-65-32-26-50(41-71(4,5)6)38-62(65)56-17-11-14-20-59(56)68(77)74-53)36-48(35-46)24-30-54-45-78-66-33-27-51(42-72(7,8)9)39-63(66)57-18-12-15-21-60(57)69(78)75-54;/h10-18,25-27,31-33,37-39,43-48H,22-24,28-30,34-36,40-42H2,1-9H3;/q-3;+3. The first kappa shape index (κ1) is 53.3. The zero-order valence-corrected chi connectivity index (χ0v) is 50.3. The average Bonchev–Trinajstić information content (AvgIpc) is 4.40. The van der Waals surface area contributed by atoms with Gasteiger partial charge in [0.05, 0.1) is 16.9 Å². The molecule has 0 N–H and O–H groups in total. The minimum atomic E-state index is 0. The van der Waals surface area contributed by atoms with Gasteiger partial charge in [-0.15, -0.1) is 89.0 Å². The van der Waals surface area contributed by atoms with Gasteiger partial charge in [-0.1, -0.05) is 115 Å². The summed E-state index contributed by atoms with van der Waals surface area (Å²) in [5.41, 5.74) is 15.0. The summed E-state index contributed by atoms with van der Waals surface area (Å²) >= 11 is 0. The predicted molar refractivity (Wildman–Crippen MR) is 326 cm³/mol. The minimum Gasteiger partial charge on any atom is -0.340 e. The van der Waals surface area contributed by atoms with Crippen LogP contribution in [0.4, 0.5) is 0 Å². The van der Waals surface area contributed by atoms with E-state index < -0.39 is 0 Å². The molecule has 1 saturated carbocycles. The van der Waals surface area contributed by atoms with Crippen LogP contribution in [0.1, 0.15) is 135 Å². The molecule has 1 fully saturated rings. The molecule has 0 aliphatic heterocycles. The molecule has 6 aromatic heterocycles. The van der Waals surface area contributed by atoms with Crippen molar-refractivity contribution in [3.8, 4) is 0 Å². The number of aryl methyl sites for hydroxylation is 3. The number of hydrogen-bond acceptors (Lipinski definition) is 3. The maximum atomic E-state index is 5.42. The number of hydrogen-bond donors (Lipinski definition) is 0. The molecule has 0 saturated heterocycles. The molecule has 0 spiro atoms. The van der Waals surface area contributed by atoms with E-state index in [0.29, 0.717) is 17.8 Å². The van der Waals surface area contributed by atoms with Crippen LogP contribution in [0.25, 0.3) is 82.0 Å². The summed E-state index contributed by atoms with van der Waals surface area (Å²) in [6.07, 6.45) is 20.1. The van der Waals surface area contributed by atoms with E-state index in [4.69, 9.17) is 15.0 Å². The van der Waals surface area contributed by atoms with Crippen molar-refractivity contribution in [3.63, 3.8) is 0 Å². The quantitative estimate of drug-likeness (QED) is 0.0905. The molecule has 13 rings (SSSR count). The van der Waals surface area contributed by atoms with Gasteiger partial charge in [-0.25, -0.2) is 0 Å². The van der Waals surface area contributed by atoms with Crippen molar-refractivity contribution in [2.24, 2.45) is 34.0 Å². The van der Waals surface area contributed by atoms with Crippen LogP contribution in [0.5, 0.6) is 0 Å². The molecule has 12 aromatic rings. The van der Waals surface area contributed by atoms with Crippen LogP contribution in [0.2, 0.25) is 0 Å². The van der Waals surface area contributed by atoms with Crippen LogP contribution in [0, 0.1) is 52.2 Å². The van der Waals surface area contributed by atoms with Crippen molar-refractivity contribution < 1.29 is 20.1 Å². The van der Waals surface area contributed by atoms with Gasteiger partial charge in [0.15, 0.2) is 0 Å². The Morgan fingerprint density at radius 1 is 0.405 bits per heavy atom. The third kappa shape index (κ3) is 10.8. The first-order chi connectivity index (χ1) is 37.4. The average molecular weight is 1220 g/mol. The van der Waals surface area contributed by atoms with Gasteiger partial charge in [-0.2, -0.15) is 0 Å². The smallest absolute Gasteiger partial charge is 0.340 e. The van der Waals surface area contributed by atoms with Crippen LogP contribution in [0.3, 0.4) is 0 Å². The molecule has 0 amide bonds. The van der Waals surface area contributed by atoms with E-state index in [1.165, 1.54) is 102 Å². The van der Waals surface area contributed by atoms with Crippen LogP contribution < -0.4 is 0 Å². The maximum absolute atomic E-state index is 5.42. The van der Waals surface area contributed by atoms with E-state index >= 15 is 0 Å². The Morgan fingerprint density at radius 3 is 0.975 bits per heavy atom. The largest absolute Gasteiger partial charge is 3.00 e. The van der Waals surface area contributed by atoms with Gasteiger partial charge in [-0.3, -0.25) is 15.0 Å². The molecule has 6 heterocycles. The zero-order valence-electron chi connectivity index (χ0n) is 47.9. The van der Waals surface area contributed by atoms with Crippen molar-refractivity contribution in [2.75, 3.05) is 0 Å². The first-order valence-electron chi connectivity index (χ1n) is 29.1. The molecule has 0 bridgehead atoms. The second-order valence-corrected chi connectivity index (χ2v) is 27.3. The Morgan fingerprint density at radius 2 is 0.696 bits per heavy atom. The molecule has 7 heteroatoms. The monoisotopic (exact) mass is 1220 g/mol. The van der Waals surface area contributed by atoms with Crippen molar-refractivity contribution in [3.05, 3.63) is 180 Å². The van der Waals surface area contributed by atoms with E-state index in [1.807, 2.05) is 18.2 Å². The number of imidazole rings is 3. The van der Waals surface area contributed by atoms with Gasteiger partial charge in [0.25, 0.3) is 0 Å². The first-order valence-corrected chi connectivity index (χ1v) is 29.1. The Kier molecular flexibility index (Phi) is 13.9.